The number of amides is 1. The molecule has 1 aromatic carbocycles. The Bertz CT molecular complexity index is 435. The van der Waals surface area contributed by atoms with Crippen LogP contribution in [0.2, 0.25) is 0 Å². The summed E-state index contributed by atoms with van der Waals surface area (Å²) in [7, 11) is 3.43. The highest BCUT2D eigenvalue weighted by molar-refractivity contribution is 5.78. The van der Waals surface area contributed by atoms with Gasteiger partial charge in [0, 0.05) is 26.6 Å². The molecule has 1 N–H and O–H groups in total. The number of ether oxygens (including phenoxy) is 1. The van der Waals surface area contributed by atoms with Gasteiger partial charge in [-0.05, 0) is 24.8 Å². The van der Waals surface area contributed by atoms with Gasteiger partial charge >= 0.3 is 0 Å². The molecule has 3 atom stereocenters. The van der Waals surface area contributed by atoms with Crippen molar-refractivity contribution in [3.8, 4) is 0 Å². The second-order valence-electron chi connectivity index (χ2n) is 5.53. The maximum atomic E-state index is 12.5. The van der Waals surface area contributed by atoms with Crippen molar-refractivity contribution in [2.45, 2.75) is 38.0 Å². The molecule has 0 heterocycles. The Labute approximate surface area is 120 Å². The molecule has 2 rings (SSSR count). The lowest BCUT2D eigenvalue weighted by molar-refractivity contribution is -0.140. The predicted octanol–water partition coefficient (Wildman–Crippen LogP) is 1.82. The van der Waals surface area contributed by atoms with Gasteiger partial charge in [-0.15, -0.1) is 0 Å². The van der Waals surface area contributed by atoms with Crippen LogP contribution in [0.15, 0.2) is 30.3 Å². The molecule has 0 radical (unpaired) electrons. The topological polar surface area (TPSA) is 49.8 Å². The zero-order chi connectivity index (χ0) is 14.5. The molecule has 0 bridgehead atoms. The molecule has 20 heavy (non-hydrogen) atoms. The Hall–Kier alpha value is -1.39. The first kappa shape index (κ1) is 15.0. The van der Waals surface area contributed by atoms with Crippen LogP contribution < -0.4 is 0 Å². The molecule has 1 fully saturated rings. The van der Waals surface area contributed by atoms with Crippen LogP contribution in [0.3, 0.4) is 0 Å². The van der Waals surface area contributed by atoms with Gasteiger partial charge in [0.25, 0.3) is 0 Å². The summed E-state index contributed by atoms with van der Waals surface area (Å²) >= 11 is 0. The molecule has 0 saturated heterocycles. The summed E-state index contributed by atoms with van der Waals surface area (Å²) < 4.78 is 5.26. The number of hydrogen-bond donors (Lipinski definition) is 1. The van der Waals surface area contributed by atoms with E-state index < -0.39 is 6.10 Å². The summed E-state index contributed by atoms with van der Waals surface area (Å²) in [6.45, 7) is 0.621. The van der Waals surface area contributed by atoms with E-state index in [9.17, 15) is 9.90 Å². The lowest BCUT2D eigenvalue weighted by Crippen LogP contribution is -2.41. The van der Waals surface area contributed by atoms with Crippen LogP contribution in [0, 0.1) is 5.92 Å². The number of carbonyl (C=O) groups is 1. The molecular formula is C16H23NO3. The van der Waals surface area contributed by atoms with Crippen molar-refractivity contribution in [1.82, 2.24) is 4.90 Å². The number of nitrogens with zero attached hydrogens (tertiary/aromatic N) is 1. The summed E-state index contributed by atoms with van der Waals surface area (Å²) in [6, 6.07) is 9.97. The largest absolute Gasteiger partial charge is 0.390 e. The van der Waals surface area contributed by atoms with E-state index in [1.165, 1.54) is 0 Å². The number of benzene rings is 1. The summed E-state index contributed by atoms with van der Waals surface area (Å²) in [5.74, 6) is 0.0971. The van der Waals surface area contributed by atoms with Crippen LogP contribution in [-0.2, 0) is 16.1 Å². The van der Waals surface area contributed by atoms with E-state index in [-0.39, 0.29) is 17.9 Å². The number of aliphatic hydroxyl groups is 1. The van der Waals surface area contributed by atoms with E-state index in [0.29, 0.717) is 19.4 Å². The minimum atomic E-state index is -0.441. The molecule has 1 aliphatic carbocycles. The highest BCUT2D eigenvalue weighted by Gasteiger charge is 2.34. The number of methoxy groups -OCH3 is 1. The van der Waals surface area contributed by atoms with E-state index >= 15 is 0 Å². The van der Waals surface area contributed by atoms with Gasteiger partial charge in [-0.3, -0.25) is 4.79 Å². The molecule has 1 aliphatic rings. The lowest BCUT2D eigenvalue weighted by atomic mass is 9.84. The average Bonchev–Trinajstić information content (AvgIpc) is 2.48. The third-order valence-corrected chi connectivity index (χ3v) is 4.05. The fraction of sp³-hybridized carbons (Fsp3) is 0.562. The normalized spacial score (nSPS) is 26.2. The first-order valence-electron chi connectivity index (χ1n) is 7.11. The molecule has 1 saturated carbocycles. The zero-order valence-corrected chi connectivity index (χ0v) is 12.2. The molecule has 110 valence electrons. The maximum absolute atomic E-state index is 12.5. The molecule has 0 aliphatic heterocycles. The average molecular weight is 277 g/mol. The van der Waals surface area contributed by atoms with Crippen molar-refractivity contribution in [3.63, 3.8) is 0 Å². The van der Waals surface area contributed by atoms with Crippen LogP contribution in [0.4, 0.5) is 0 Å². The monoisotopic (exact) mass is 277 g/mol. The van der Waals surface area contributed by atoms with Gasteiger partial charge in [-0.2, -0.15) is 0 Å². The number of hydrogen-bond acceptors (Lipinski definition) is 3. The highest BCUT2D eigenvalue weighted by Crippen LogP contribution is 2.28. The number of aliphatic hydroxyl groups excluding tert-OH is 1. The molecule has 1 aromatic rings. The molecular weight excluding hydrogens is 254 g/mol. The quantitative estimate of drug-likeness (QED) is 0.913. The van der Waals surface area contributed by atoms with Gasteiger partial charge in [0.1, 0.15) is 0 Å². The second-order valence-corrected chi connectivity index (χ2v) is 5.53. The van der Waals surface area contributed by atoms with E-state index in [2.05, 4.69) is 0 Å². The fourth-order valence-corrected chi connectivity index (χ4v) is 2.84. The smallest absolute Gasteiger partial charge is 0.225 e. The van der Waals surface area contributed by atoms with Crippen LogP contribution in [-0.4, -0.2) is 42.3 Å². The molecule has 0 aromatic heterocycles. The van der Waals surface area contributed by atoms with E-state index in [1.54, 1.807) is 12.0 Å². The minimum Gasteiger partial charge on any atom is -0.390 e. The van der Waals surface area contributed by atoms with Crippen molar-refractivity contribution in [3.05, 3.63) is 35.9 Å². The lowest BCUT2D eigenvalue weighted by Gasteiger charge is -2.33. The Kier molecular flexibility index (Phi) is 5.15. The van der Waals surface area contributed by atoms with Gasteiger partial charge in [0.05, 0.1) is 12.2 Å². The first-order chi connectivity index (χ1) is 9.61. The SMILES string of the molecule is CO[C@@H]1C[C@H](C(=O)N(C)Cc2ccccc2)CC[C@@H]1O. The van der Waals surface area contributed by atoms with Crippen molar-refractivity contribution in [2.75, 3.05) is 14.2 Å². The van der Waals surface area contributed by atoms with Crippen LogP contribution in [0.25, 0.3) is 0 Å². The summed E-state index contributed by atoms with van der Waals surface area (Å²) in [6.07, 6.45) is 1.31. The maximum Gasteiger partial charge on any atom is 0.225 e. The third-order valence-electron chi connectivity index (χ3n) is 4.05. The zero-order valence-electron chi connectivity index (χ0n) is 12.2. The van der Waals surface area contributed by atoms with Gasteiger partial charge in [0.2, 0.25) is 5.91 Å². The number of carbonyl (C=O) groups excluding carboxylic acids is 1. The molecule has 0 spiro atoms. The molecule has 0 unspecified atom stereocenters. The van der Waals surface area contributed by atoms with Gasteiger partial charge in [-0.1, -0.05) is 30.3 Å². The standard InChI is InChI=1S/C16H23NO3/c1-17(11-12-6-4-3-5-7-12)16(19)13-8-9-14(18)15(10-13)20-2/h3-7,13-15,18H,8-11H2,1-2H3/t13-,14+,15-/m1/s1. The Morgan fingerprint density at radius 2 is 2.05 bits per heavy atom. The van der Waals surface area contributed by atoms with Crippen molar-refractivity contribution >= 4 is 5.91 Å². The summed E-state index contributed by atoms with van der Waals surface area (Å²) in [4.78, 5) is 14.2. The van der Waals surface area contributed by atoms with E-state index in [4.69, 9.17) is 4.74 Å². The Morgan fingerprint density at radius 3 is 2.70 bits per heavy atom. The minimum absolute atomic E-state index is 0.0444. The van der Waals surface area contributed by atoms with Gasteiger partial charge in [-0.25, -0.2) is 0 Å². The second kappa shape index (κ2) is 6.86. The van der Waals surface area contributed by atoms with Crippen LogP contribution >= 0.6 is 0 Å². The Morgan fingerprint density at radius 1 is 1.35 bits per heavy atom. The highest BCUT2D eigenvalue weighted by atomic mass is 16.5. The van der Waals surface area contributed by atoms with Gasteiger partial charge in [0.15, 0.2) is 0 Å². The summed E-state index contributed by atoms with van der Waals surface area (Å²) in [5.41, 5.74) is 1.13. The molecule has 1 amide bonds. The van der Waals surface area contributed by atoms with Crippen molar-refractivity contribution in [1.29, 1.82) is 0 Å². The Balaban J connectivity index is 1.93. The molecule has 4 nitrogen and oxygen atoms in total. The fourth-order valence-electron chi connectivity index (χ4n) is 2.84. The third kappa shape index (κ3) is 3.58. The van der Waals surface area contributed by atoms with Crippen LogP contribution in [0.1, 0.15) is 24.8 Å². The predicted molar refractivity (Wildman–Crippen MR) is 77.1 cm³/mol. The van der Waals surface area contributed by atoms with Crippen LogP contribution in [0.5, 0.6) is 0 Å². The van der Waals surface area contributed by atoms with E-state index in [0.717, 1.165) is 12.0 Å². The number of rotatable bonds is 4. The van der Waals surface area contributed by atoms with Crippen molar-refractivity contribution in [2.24, 2.45) is 5.92 Å². The summed E-state index contributed by atoms with van der Waals surface area (Å²) in [5, 5.41) is 9.79. The van der Waals surface area contributed by atoms with Crippen molar-refractivity contribution < 1.29 is 14.6 Å². The van der Waals surface area contributed by atoms with Gasteiger partial charge < -0.3 is 14.7 Å². The first-order valence-corrected chi connectivity index (χ1v) is 7.11. The van der Waals surface area contributed by atoms with E-state index in [1.807, 2.05) is 37.4 Å². The molecule has 4 heteroatoms.